The minimum atomic E-state index is -0.140. The Morgan fingerprint density at radius 3 is 2.55 bits per heavy atom. The first-order valence-corrected chi connectivity index (χ1v) is 9.85. The Balaban J connectivity index is 1.57. The Kier molecular flexibility index (Phi) is 4.00. The van der Waals surface area contributed by atoms with E-state index in [0.717, 1.165) is 22.3 Å². The summed E-state index contributed by atoms with van der Waals surface area (Å²) in [5.41, 5.74) is 5.65. The van der Waals surface area contributed by atoms with E-state index < -0.39 is 0 Å². The fourth-order valence-electron chi connectivity index (χ4n) is 3.98. The topological polar surface area (TPSA) is 37.3 Å². The second-order valence-electron chi connectivity index (χ2n) is 7.32. The maximum absolute atomic E-state index is 13.0. The average molecular weight is 398 g/mol. The lowest BCUT2D eigenvalue weighted by Gasteiger charge is -2.14. The van der Waals surface area contributed by atoms with E-state index in [-0.39, 0.29) is 5.91 Å². The Labute approximate surface area is 174 Å². The summed E-state index contributed by atoms with van der Waals surface area (Å²) >= 11 is 5.43. The third-order valence-corrected chi connectivity index (χ3v) is 5.67. The second-order valence-corrected chi connectivity index (χ2v) is 7.71. The van der Waals surface area contributed by atoms with Crippen LogP contribution in [0.1, 0.15) is 11.1 Å². The third-order valence-electron chi connectivity index (χ3n) is 5.39. The first kappa shape index (κ1) is 17.6. The molecule has 2 heterocycles. The summed E-state index contributed by atoms with van der Waals surface area (Å²) in [6.45, 7) is 2.00. The summed E-state index contributed by atoms with van der Waals surface area (Å²) in [6.07, 6.45) is 1.87. The largest absolute Gasteiger partial charge is 0.344 e. The monoisotopic (exact) mass is 397 g/mol. The molecule has 1 aliphatic heterocycles. The highest BCUT2D eigenvalue weighted by atomic mass is 32.1. The molecule has 1 saturated heterocycles. The zero-order valence-electron chi connectivity index (χ0n) is 16.1. The van der Waals surface area contributed by atoms with E-state index in [9.17, 15) is 4.79 Å². The number of benzene rings is 3. The zero-order chi connectivity index (χ0) is 20.1. The van der Waals surface area contributed by atoms with Crippen molar-refractivity contribution in [2.45, 2.75) is 6.92 Å². The molecule has 142 valence electrons. The summed E-state index contributed by atoms with van der Waals surface area (Å²) in [5, 5.41) is 5.84. The number of nitrogens with zero attached hydrogens (tertiary/aromatic N) is 2. The van der Waals surface area contributed by atoms with E-state index in [2.05, 4.69) is 41.2 Å². The van der Waals surface area contributed by atoms with E-state index in [1.54, 1.807) is 4.90 Å². The van der Waals surface area contributed by atoms with Crippen LogP contribution in [-0.2, 0) is 11.8 Å². The number of thiocarbonyl (C=S) groups is 1. The van der Waals surface area contributed by atoms with Crippen LogP contribution < -0.4 is 10.2 Å². The average Bonchev–Trinajstić information content (AvgIpc) is 3.15. The first-order chi connectivity index (χ1) is 14.0. The van der Waals surface area contributed by atoms with Gasteiger partial charge in [0.15, 0.2) is 5.11 Å². The van der Waals surface area contributed by atoms with E-state index in [0.29, 0.717) is 10.8 Å². The molecule has 0 atom stereocenters. The van der Waals surface area contributed by atoms with Crippen molar-refractivity contribution >= 4 is 56.8 Å². The normalized spacial score (nSPS) is 15.7. The number of fused-ring (bicyclic) bond motifs is 3. The Morgan fingerprint density at radius 2 is 1.72 bits per heavy atom. The Morgan fingerprint density at radius 1 is 0.931 bits per heavy atom. The first-order valence-electron chi connectivity index (χ1n) is 9.44. The maximum atomic E-state index is 13.0. The lowest BCUT2D eigenvalue weighted by Crippen LogP contribution is -2.30. The zero-order valence-corrected chi connectivity index (χ0v) is 17.0. The van der Waals surface area contributed by atoms with Crippen LogP contribution in [0.25, 0.3) is 27.9 Å². The quantitative estimate of drug-likeness (QED) is 0.386. The number of carbonyl (C=O) groups is 1. The van der Waals surface area contributed by atoms with Crippen molar-refractivity contribution in [3.63, 3.8) is 0 Å². The number of carbonyl (C=O) groups excluding carboxylic acids is 1. The number of aromatic nitrogens is 1. The van der Waals surface area contributed by atoms with Gasteiger partial charge in [-0.3, -0.25) is 9.69 Å². The van der Waals surface area contributed by atoms with Gasteiger partial charge in [0.1, 0.15) is 5.70 Å². The van der Waals surface area contributed by atoms with Crippen LogP contribution in [0.2, 0.25) is 0 Å². The SMILES string of the molecule is Cc1cccc(N2C(=O)C(=Cc3ccc4c(c3)c3ccccc3n4C)NC2=S)c1. The number of anilines is 1. The standard InChI is InChI=1S/C24H19N3OS/c1-15-6-5-7-17(12-15)27-23(28)20(25-24(27)29)14-16-10-11-22-19(13-16)18-8-3-4-9-21(18)26(22)2/h3-14H,1-2H3,(H,25,29). The van der Waals surface area contributed by atoms with Crippen LogP contribution in [0.5, 0.6) is 0 Å². The Hall–Kier alpha value is -3.44. The van der Waals surface area contributed by atoms with Crippen molar-refractivity contribution in [3.05, 3.63) is 83.6 Å². The van der Waals surface area contributed by atoms with Crippen LogP contribution in [0.3, 0.4) is 0 Å². The van der Waals surface area contributed by atoms with Crippen LogP contribution in [0.4, 0.5) is 5.69 Å². The molecule has 3 aromatic carbocycles. The molecule has 1 amide bonds. The Bertz CT molecular complexity index is 1350. The molecule has 1 aromatic heterocycles. The van der Waals surface area contributed by atoms with Gasteiger partial charge < -0.3 is 9.88 Å². The smallest absolute Gasteiger partial charge is 0.281 e. The maximum Gasteiger partial charge on any atom is 0.281 e. The molecule has 1 N–H and O–H groups in total. The fraction of sp³-hybridized carbons (Fsp3) is 0.0833. The molecule has 0 unspecified atom stereocenters. The summed E-state index contributed by atoms with van der Waals surface area (Å²) in [5.74, 6) is -0.140. The van der Waals surface area contributed by atoms with E-state index >= 15 is 0 Å². The number of nitrogens with one attached hydrogen (secondary N) is 1. The second kappa shape index (κ2) is 6.57. The van der Waals surface area contributed by atoms with Gasteiger partial charge in [-0.2, -0.15) is 0 Å². The van der Waals surface area contributed by atoms with Crippen molar-refractivity contribution in [3.8, 4) is 0 Å². The van der Waals surface area contributed by atoms with Crippen molar-refractivity contribution in [2.75, 3.05) is 4.90 Å². The molecular formula is C24H19N3OS. The highest BCUT2D eigenvalue weighted by Gasteiger charge is 2.31. The van der Waals surface area contributed by atoms with Crippen molar-refractivity contribution in [1.82, 2.24) is 9.88 Å². The van der Waals surface area contributed by atoms with E-state index in [4.69, 9.17) is 12.2 Å². The number of amides is 1. The van der Waals surface area contributed by atoms with Gasteiger partial charge in [0.05, 0.1) is 5.69 Å². The molecule has 5 rings (SSSR count). The minimum Gasteiger partial charge on any atom is -0.344 e. The van der Waals surface area contributed by atoms with Gasteiger partial charge in [-0.05, 0) is 66.7 Å². The number of hydrogen-bond acceptors (Lipinski definition) is 2. The lowest BCUT2D eigenvalue weighted by atomic mass is 10.1. The molecule has 0 spiro atoms. The number of aryl methyl sites for hydroxylation is 2. The molecule has 0 bridgehead atoms. The summed E-state index contributed by atoms with van der Waals surface area (Å²) in [6, 6.07) is 22.4. The number of hydrogen-bond donors (Lipinski definition) is 1. The highest BCUT2D eigenvalue weighted by molar-refractivity contribution is 7.80. The third kappa shape index (κ3) is 2.82. The van der Waals surface area contributed by atoms with E-state index in [1.807, 2.05) is 55.5 Å². The summed E-state index contributed by atoms with van der Waals surface area (Å²) in [7, 11) is 2.07. The molecule has 1 fully saturated rings. The highest BCUT2D eigenvalue weighted by Crippen LogP contribution is 2.30. The predicted octanol–water partition coefficient (Wildman–Crippen LogP) is 4.90. The summed E-state index contributed by atoms with van der Waals surface area (Å²) in [4.78, 5) is 14.6. The molecular weight excluding hydrogens is 378 g/mol. The fourth-order valence-corrected chi connectivity index (χ4v) is 4.28. The molecule has 1 aliphatic rings. The lowest BCUT2D eigenvalue weighted by molar-refractivity contribution is -0.113. The van der Waals surface area contributed by atoms with Crippen LogP contribution in [0.15, 0.2) is 72.4 Å². The molecule has 4 aromatic rings. The molecule has 0 radical (unpaired) electrons. The van der Waals surface area contributed by atoms with Crippen molar-refractivity contribution in [2.24, 2.45) is 7.05 Å². The number of para-hydroxylation sites is 1. The van der Waals surface area contributed by atoms with Crippen molar-refractivity contribution in [1.29, 1.82) is 0 Å². The van der Waals surface area contributed by atoms with Crippen LogP contribution >= 0.6 is 12.2 Å². The molecule has 0 aliphatic carbocycles. The van der Waals surface area contributed by atoms with Gasteiger partial charge in [0.2, 0.25) is 0 Å². The molecule has 0 saturated carbocycles. The van der Waals surface area contributed by atoms with Gasteiger partial charge >= 0.3 is 0 Å². The summed E-state index contributed by atoms with van der Waals surface area (Å²) < 4.78 is 2.19. The molecule has 4 nitrogen and oxygen atoms in total. The number of rotatable bonds is 2. The van der Waals surface area contributed by atoms with Gasteiger partial charge in [0.25, 0.3) is 5.91 Å². The van der Waals surface area contributed by atoms with Gasteiger partial charge in [0, 0.05) is 28.9 Å². The van der Waals surface area contributed by atoms with Crippen molar-refractivity contribution < 1.29 is 4.79 Å². The molecule has 5 heteroatoms. The van der Waals surface area contributed by atoms with E-state index in [1.165, 1.54) is 16.3 Å². The van der Waals surface area contributed by atoms with Gasteiger partial charge in [-0.1, -0.05) is 36.4 Å². The minimum absolute atomic E-state index is 0.140. The van der Waals surface area contributed by atoms with Gasteiger partial charge in [-0.25, -0.2) is 0 Å². The molecule has 29 heavy (non-hydrogen) atoms. The van der Waals surface area contributed by atoms with Crippen LogP contribution in [0, 0.1) is 6.92 Å². The van der Waals surface area contributed by atoms with Gasteiger partial charge in [-0.15, -0.1) is 0 Å². The van der Waals surface area contributed by atoms with Crippen LogP contribution in [-0.4, -0.2) is 15.6 Å². The predicted molar refractivity (Wildman–Crippen MR) is 123 cm³/mol.